The van der Waals surface area contributed by atoms with Crippen molar-refractivity contribution < 1.29 is 13.9 Å². The lowest BCUT2D eigenvalue weighted by atomic mass is 10.2. The summed E-state index contributed by atoms with van der Waals surface area (Å²) in [5.74, 6) is 1.63. The number of hydrazone groups is 1. The number of H-pyrrole nitrogens is 1. The van der Waals surface area contributed by atoms with E-state index in [1.54, 1.807) is 36.4 Å². The third-order valence-corrected chi connectivity index (χ3v) is 3.83. The molecule has 0 aliphatic carbocycles. The zero-order valence-corrected chi connectivity index (χ0v) is 14.3. The lowest BCUT2D eigenvalue weighted by Gasteiger charge is -2.05. The Morgan fingerprint density at radius 1 is 1.15 bits per heavy atom. The summed E-state index contributed by atoms with van der Waals surface area (Å²) in [5, 5.41) is 3.85. The number of carbonyl (C=O) groups excluding carboxylic acids is 1. The summed E-state index contributed by atoms with van der Waals surface area (Å²) >= 11 is 0. The smallest absolute Gasteiger partial charge is 0.271 e. The number of benzene rings is 2. The lowest BCUT2D eigenvalue weighted by molar-refractivity contribution is 0.0955. The number of nitrogens with zero attached hydrogens (tertiary/aromatic N) is 2. The first-order valence-electron chi connectivity index (χ1n) is 8.31. The minimum Gasteiger partial charge on any atom is -0.486 e. The highest BCUT2D eigenvalue weighted by atomic mass is 16.5. The van der Waals surface area contributed by atoms with Gasteiger partial charge in [-0.3, -0.25) is 4.79 Å². The molecule has 0 saturated heterocycles. The molecular weight excluding hydrogens is 344 g/mol. The van der Waals surface area contributed by atoms with Gasteiger partial charge in [0.05, 0.1) is 23.5 Å². The molecule has 0 fully saturated rings. The van der Waals surface area contributed by atoms with Gasteiger partial charge < -0.3 is 14.1 Å². The van der Waals surface area contributed by atoms with Crippen molar-refractivity contribution in [3.05, 3.63) is 84.1 Å². The second-order valence-corrected chi connectivity index (χ2v) is 5.73. The van der Waals surface area contributed by atoms with Crippen molar-refractivity contribution in [2.24, 2.45) is 5.10 Å². The Morgan fingerprint density at radius 3 is 2.78 bits per heavy atom. The van der Waals surface area contributed by atoms with Crippen molar-refractivity contribution in [1.29, 1.82) is 0 Å². The van der Waals surface area contributed by atoms with Gasteiger partial charge in [0.2, 0.25) is 0 Å². The number of fused-ring (bicyclic) bond motifs is 1. The third-order valence-electron chi connectivity index (χ3n) is 3.83. The molecule has 0 unspecified atom stereocenters. The number of aromatic nitrogens is 2. The summed E-state index contributed by atoms with van der Waals surface area (Å²) in [5.41, 5.74) is 4.79. The van der Waals surface area contributed by atoms with Crippen molar-refractivity contribution in [2.45, 2.75) is 6.61 Å². The van der Waals surface area contributed by atoms with Gasteiger partial charge in [0.15, 0.2) is 0 Å². The van der Waals surface area contributed by atoms with Crippen LogP contribution < -0.4 is 10.2 Å². The van der Waals surface area contributed by atoms with Crippen LogP contribution in [0.5, 0.6) is 5.75 Å². The van der Waals surface area contributed by atoms with Crippen LogP contribution in [0.25, 0.3) is 11.0 Å². The molecule has 134 valence electrons. The van der Waals surface area contributed by atoms with Gasteiger partial charge in [0.25, 0.3) is 5.91 Å². The number of furan rings is 1. The number of imidazole rings is 1. The zero-order chi connectivity index (χ0) is 18.5. The highest BCUT2D eigenvalue weighted by molar-refractivity contribution is 5.94. The molecular formula is C20H16N4O3. The first kappa shape index (κ1) is 16.6. The number of ether oxygens (including phenoxy) is 1. The summed E-state index contributed by atoms with van der Waals surface area (Å²) in [6.07, 6.45) is 2.97. The Labute approximate surface area is 154 Å². The molecule has 2 aromatic carbocycles. The second kappa shape index (κ2) is 7.57. The van der Waals surface area contributed by atoms with Crippen LogP contribution >= 0.6 is 0 Å². The van der Waals surface area contributed by atoms with Gasteiger partial charge in [-0.05, 0) is 48.5 Å². The molecule has 27 heavy (non-hydrogen) atoms. The maximum absolute atomic E-state index is 12.1. The molecule has 0 aliphatic heterocycles. The van der Waals surface area contributed by atoms with Crippen molar-refractivity contribution in [3.8, 4) is 5.75 Å². The maximum atomic E-state index is 12.1. The summed E-state index contributed by atoms with van der Waals surface area (Å²) in [6, 6.07) is 18.1. The van der Waals surface area contributed by atoms with Gasteiger partial charge in [-0.15, -0.1) is 0 Å². The van der Waals surface area contributed by atoms with Gasteiger partial charge in [-0.1, -0.05) is 12.1 Å². The number of carbonyl (C=O) groups is 1. The van der Waals surface area contributed by atoms with E-state index in [-0.39, 0.29) is 5.91 Å². The quantitative estimate of drug-likeness (QED) is 0.407. The summed E-state index contributed by atoms with van der Waals surface area (Å²) in [4.78, 5) is 19.7. The molecule has 4 rings (SSSR count). The second-order valence-electron chi connectivity index (χ2n) is 5.73. The molecule has 7 heteroatoms. The number of aromatic amines is 1. The first-order chi connectivity index (χ1) is 13.3. The third kappa shape index (κ3) is 4.04. The average molecular weight is 360 g/mol. The van der Waals surface area contributed by atoms with Crippen LogP contribution in [0, 0.1) is 0 Å². The molecule has 2 heterocycles. The monoisotopic (exact) mass is 360 g/mol. The van der Waals surface area contributed by atoms with Crippen molar-refractivity contribution in [3.63, 3.8) is 0 Å². The van der Waals surface area contributed by atoms with Crippen LogP contribution in [0.1, 0.15) is 21.9 Å². The molecule has 0 aliphatic rings. The zero-order valence-electron chi connectivity index (χ0n) is 14.3. The van der Waals surface area contributed by atoms with E-state index in [4.69, 9.17) is 9.15 Å². The van der Waals surface area contributed by atoms with Gasteiger partial charge in [-0.2, -0.15) is 5.10 Å². The number of rotatable bonds is 6. The van der Waals surface area contributed by atoms with E-state index in [0.717, 1.165) is 16.9 Å². The van der Waals surface area contributed by atoms with Crippen LogP contribution in [0.4, 0.5) is 0 Å². The number of para-hydroxylation sites is 2. The molecule has 0 saturated carbocycles. The normalized spacial score (nSPS) is 11.1. The fraction of sp³-hybridized carbons (Fsp3) is 0.0500. The van der Waals surface area contributed by atoms with Crippen LogP contribution in [-0.2, 0) is 6.61 Å². The summed E-state index contributed by atoms with van der Waals surface area (Å²) in [7, 11) is 0. The number of nitrogens with one attached hydrogen (secondary N) is 2. The Bertz CT molecular complexity index is 1030. The Kier molecular flexibility index (Phi) is 4.65. The van der Waals surface area contributed by atoms with E-state index in [2.05, 4.69) is 20.5 Å². The van der Waals surface area contributed by atoms with E-state index < -0.39 is 0 Å². The van der Waals surface area contributed by atoms with E-state index in [1.807, 2.05) is 24.3 Å². The highest BCUT2D eigenvalue weighted by Crippen LogP contribution is 2.15. The molecule has 4 aromatic rings. The van der Waals surface area contributed by atoms with Crippen LogP contribution in [-0.4, -0.2) is 22.1 Å². The minimum atomic E-state index is -0.318. The molecule has 0 spiro atoms. The van der Waals surface area contributed by atoms with Gasteiger partial charge >= 0.3 is 0 Å². The molecule has 7 nitrogen and oxygen atoms in total. The molecule has 2 N–H and O–H groups in total. The fourth-order valence-electron chi connectivity index (χ4n) is 2.51. The van der Waals surface area contributed by atoms with E-state index in [9.17, 15) is 4.79 Å². The molecule has 0 bridgehead atoms. The summed E-state index contributed by atoms with van der Waals surface area (Å²) in [6.45, 7) is 0.313. The first-order valence-corrected chi connectivity index (χ1v) is 8.31. The van der Waals surface area contributed by atoms with Crippen molar-refractivity contribution >= 4 is 23.2 Å². The topological polar surface area (TPSA) is 92.5 Å². The largest absolute Gasteiger partial charge is 0.486 e. The van der Waals surface area contributed by atoms with E-state index in [0.29, 0.717) is 23.7 Å². The molecule has 1 amide bonds. The van der Waals surface area contributed by atoms with E-state index >= 15 is 0 Å². The SMILES string of the molecule is O=C(N/N=C/c1ccco1)c1ccc(OCc2nc3ccccc3[nH]2)cc1. The lowest BCUT2D eigenvalue weighted by Crippen LogP contribution is -2.17. The van der Waals surface area contributed by atoms with Crippen LogP contribution in [0.2, 0.25) is 0 Å². The Morgan fingerprint density at radius 2 is 2.00 bits per heavy atom. The average Bonchev–Trinajstić information content (AvgIpc) is 3.36. The van der Waals surface area contributed by atoms with Crippen LogP contribution in [0.3, 0.4) is 0 Å². The number of hydrogen-bond donors (Lipinski definition) is 2. The predicted molar refractivity (Wildman–Crippen MR) is 101 cm³/mol. The molecule has 2 aromatic heterocycles. The maximum Gasteiger partial charge on any atom is 0.271 e. The van der Waals surface area contributed by atoms with Crippen molar-refractivity contribution in [2.75, 3.05) is 0 Å². The number of hydrogen-bond acceptors (Lipinski definition) is 5. The summed E-state index contributed by atoms with van der Waals surface area (Å²) < 4.78 is 10.8. The predicted octanol–water partition coefficient (Wildman–Crippen LogP) is 3.50. The van der Waals surface area contributed by atoms with Gasteiger partial charge in [0.1, 0.15) is 23.9 Å². The standard InChI is InChI=1S/C20H16N4O3/c25-20(24-21-12-16-4-3-11-26-16)14-7-9-15(10-8-14)27-13-19-22-17-5-1-2-6-18(17)23-19/h1-12H,13H2,(H,22,23)(H,24,25)/b21-12+. The molecule has 0 atom stereocenters. The minimum absolute atomic E-state index is 0.313. The fourth-order valence-corrected chi connectivity index (χ4v) is 2.51. The highest BCUT2D eigenvalue weighted by Gasteiger charge is 2.06. The molecule has 0 radical (unpaired) electrons. The Balaban J connectivity index is 1.33. The Hall–Kier alpha value is -3.87. The van der Waals surface area contributed by atoms with Crippen molar-refractivity contribution in [1.82, 2.24) is 15.4 Å². The number of amides is 1. The van der Waals surface area contributed by atoms with Gasteiger partial charge in [0, 0.05) is 5.56 Å². The van der Waals surface area contributed by atoms with E-state index in [1.165, 1.54) is 12.5 Å². The van der Waals surface area contributed by atoms with Crippen LogP contribution in [0.15, 0.2) is 76.4 Å². The van der Waals surface area contributed by atoms with Gasteiger partial charge in [-0.25, -0.2) is 10.4 Å².